The number of esters is 1. The summed E-state index contributed by atoms with van der Waals surface area (Å²) < 4.78 is 6.53. The van der Waals surface area contributed by atoms with Gasteiger partial charge in [-0.2, -0.15) is 0 Å². The molecule has 0 saturated carbocycles. The summed E-state index contributed by atoms with van der Waals surface area (Å²) in [6.45, 7) is 6.87. The molecular weight excluding hydrogens is 451 g/mol. The van der Waals surface area contributed by atoms with E-state index in [1.54, 1.807) is 0 Å². The van der Waals surface area contributed by atoms with Crippen LogP contribution in [0.4, 0.5) is 0 Å². The molecule has 1 saturated heterocycles. The van der Waals surface area contributed by atoms with E-state index in [4.69, 9.17) is 4.74 Å². The highest BCUT2D eigenvalue weighted by Crippen LogP contribution is 2.47. The first-order valence-electron chi connectivity index (χ1n) is 10.2. The van der Waals surface area contributed by atoms with E-state index in [1.165, 1.54) is 22.0 Å². The minimum atomic E-state index is 0. The highest BCUT2D eigenvalue weighted by atomic mass is 127. The van der Waals surface area contributed by atoms with E-state index >= 15 is 0 Å². The number of hydrogen-bond donors (Lipinski definition) is 1. The van der Waals surface area contributed by atoms with Gasteiger partial charge in [-0.1, -0.05) is 26.0 Å². The summed E-state index contributed by atoms with van der Waals surface area (Å²) >= 11 is 0. The van der Waals surface area contributed by atoms with Crippen LogP contribution in [0.1, 0.15) is 50.2 Å². The number of H-pyrrole nitrogens is 1. The number of aromatic amines is 1. The van der Waals surface area contributed by atoms with Crippen LogP contribution in [-0.4, -0.2) is 48.2 Å². The van der Waals surface area contributed by atoms with E-state index in [0.29, 0.717) is 18.6 Å². The van der Waals surface area contributed by atoms with Crippen molar-refractivity contribution in [1.82, 2.24) is 4.98 Å². The third kappa shape index (κ3) is 3.53. The number of fused-ring (bicyclic) bond motifs is 2. The number of piperidine rings is 1. The minimum absolute atomic E-state index is 0. The zero-order chi connectivity index (χ0) is 18.3. The molecule has 1 aromatic heterocycles. The number of likely N-dealkylation sites (N-methyl/N-ethyl adjacent to an activating group) is 1. The minimum Gasteiger partial charge on any atom is -1.00 e. The van der Waals surface area contributed by atoms with Crippen LogP contribution in [0.3, 0.4) is 0 Å². The van der Waals surface area contributed by atoms with Gasteiger partial charge in [-0.05, 0) is 36.5 Å². The molecule has 4 atom stereocenters. The van der Waals surface area contributed by atoms with E-state index in [0.717, 1.165) is 43.3 Å². The number of carbonyl (C=O) groups excluding carboxylic acids is 1. The van der Waals surface area contributed by atoms with Gasteiger partial charge < -0.3 is 38.2 Å². The van der Waals surface area contributed by atoms with Crippen LogP contribution < -0.4 is 24.0 Å². The average molecular weight is 482 g/mol. The smallest absolute Gasteiger partial charge is 0.314 e. The van der Waals surface area contributed by atoms with Crippen molar-refractivity contribution in [3.63, 3.8) is 0 Å². The van der Waals surface area contributed by atoms with Gasteiger partial charge in [0, 0.05) is 29.4 Å². The predicted octanol–water partition coefficient (Wildman–Crippen LogP) is 1.01. The Morgan fingerprint density at radius 1 is 1.30 bits per heavy atom. The number of carbonyl (C=O) groups is 1. The predicted molar refractivity (Wildman–Crippen MR) is 104 cm³/mol. The highest BCUT2D eigenvalue weighted by molar-refractivity contribution is 5.88. The largest absolute Gasteiger partial charge is 1.00 e. The zero-order valence-corrected chi connectivity index (χ0v) is 18.8. The van der Waals surface area contributed by atoms with Gasteiger partial charge in [0.2, 0.25) is 0 Å². The van der Waals surface area contributed by atoms with Gasteiger partial charge in [0.15, 0.2) is 0 Å². The van der Waals surface area contributed by atoms with Crippen LogP contribution in [0, 0.1) is 5.92 Å². The summed E-state index contributed by atoms with van der Waals surface area (Å²) in [4.78, 5) is 16.2. The molecule has 3 unspecified atom stereocenters. The van der Waals surface area contributed by atoms with Gasteiger partial charge in [-0.25, -0.2) is 0 Å². The van der Waals surface area contributed by atoms with Crippen molar-refractivity contribution in [2.24, 2.45) is 5.92 Å². The maximum Gasteiger partial charge on any atom is 0.314 e. The Labute approximate surface area is 179 Å². The van der Waals surface area contributed by atoms with Gasteiger partial charge >= 0.3 is 5.97 Å². The van der Waals surface area contributed by atoms with Crippen molar-refractivity contribution in [3.8, 4) is 0 Å². The van der Waals surface area contributed by atoms with Crippen LogP contribution in [0.15, 0.2) is 24.4 Å². The van der Waals surface area contributed by atoms with Gasteiger partial charge in [0.1, 0.15) is 5.92 Å². The Morgan fingerprint density at radius 2 is 2.11 bits per heavy atom. The molecule has 1 aliphatic carbocycles. The first kappa shape index (κ1) is 20.6. The van der Waals surface area contributed by atoms with Crippen molar-refractivity contribution < 1.29 is 38.0 Å². The number of nitrogens with zero attached hydrogens (tertiary/aromatic N) is 1. The van der Waals surface area contributed by atoms with Crippen molar-refractivity contribution in [3.05, 3.63) is 35.5 Å². The van der Waals surface area contributed by atoms with Crippen LogP contribution in [0.5, 0.6) is 0 Å². The van der Waals surface area contributed by atoms with Crippen LogP contribution in [0.2, 0.25) is 0 Å². The van der Waals surface area contributed by atoms with E-state index < -0.39 is 0 Å². The molecule has 0 spiro atoms. The second-order valence-electron chi connectivity index (χ2n) is 8.45. The molecule has 4 nitrogen and oxygen atoms in total. The van der Waals surface area contributed by atoms with E-state index in [1.807, 2.05) is 0 Å². The molecule has 2 heterocycles. The molecule has 0 radical (unpaired) electrons. The zero-order valence-electron chi connectivity index (χ0n) is 16.6. The number of aromatic nitrogens is 1. The topological polar surface area (TPSA) is 42.1 Å². The Kier molecular flexibility index (Phi) is 6.21. The lowest BCUT2D eigenvalue weighted by Gasteiger charge is -2.52. The molecular formula is C22H31IN2O2. The number of nitrogens with one attached hydrogen (secondary N) is 1. The second-order valence-corrected chi connectivity index (χ2v) is 8.45. The fourth-order valence-corrected chi connectivity index (χ4v) is 5.55. The molecule has 0 amide bonds. The summed E-state index contributed by atoms with van der Waals surface area (Å²) in [5.74, 6) is 0.458. The number of benzene rings is 1. The first-order chi connectivity index (χ1) is 12.6. The summed E-state index contributed by atoms with van der Waals surface area (Å²) in [6.07, 6.45) is 6.25. The number of hydrogen-bond acceptors (Lipinski definition) is 2. The van der Waals surface area contributed by atoms with Crippen LogP contribution >= 0.6 is 0 Å². The summed E-state index contributed by atoms with van der Waals surface area (Å²) in [6, 6.07) is 7.16. The third-order valence-electron chi connectivity index (χ3n) is 6.61. The number of halogens is 1. The fraction of sp³-hybridized carbons (Fsp3) is 0.591. The Morgan fingerprint density at radius 3 is 2.85 bits per heavy atom. The Bertz CT molecular complexity index is 818. The van der Waals surface area contributed by atoms with Crippen LogP contribution in [0.25, 0.3) is 10.9 Å². The molecule has 5 heteroatoms. The van der Waals surface area contributed by atoms with E-state index in [2.05, 4.69) is 50.3 Å². The molecule has 2 aromatic rings. The molecule has 1 aromatic carbocycles. The summed E-state index contributed by atoms with van der Waals surface area (Å²) in [5.41, 5.74) is 4.11. The normalized spacial score (nSPS) is 29.1. The first-order valence-corrected chi connectivity index (χ1v) is 10.2. The average Bonchev–Trinajstić information content (AvgIpc) is 3.05. The van der Waals surface area contributed by atoms with Crippen molar-refractivity contribution in [2.45, 2.75) is 51.5 Å². The van der Waals surface area contributed by atoms with E-state index in [9.17, 15) is 4.79 Å². The number of likely N-dealkylation sites (tertiary alicyclic amines) is 1. The van der Waals surface area contributed by atoms with Gasteiger partial charge in [0.25, 0.3) is 0 Å². The van der Waals surface area contributed by atoms with Gasteiger partial charge in [-0.3, -0.25) is 4.79 Å². The monoisotopic (exact) mass is 482 g/mol. The molecule has 1 aliphatic heterocycles. The Balaban J connectivity index is 0.00000210. The molecule has 148 valence electrons. The van der Waals surface area contributed by atoms with Crippen LogP contribution in [-0.2, 0) is 16.0 Å². The molecule has 1 N–H and O–H groups in total. The molecule has 27 heavy (non-hydrogen) atoms. The molecule has 4 rings (SSSR count). The quantitative estimate of drug-likeness (QED) is 0.393. The lowest BCUT2D eigenvalue weighted by atomic mass is 9.71. The lowest BCUT2D eigenvalue weighted by molar-refractivity contribution is -0.942. The Hall–Kier alpha value is -1.08. The molecule has 2 aliphatic rings. The summed E-state index contributed by atoms with van der Waals surface area (Å²) in [7, 11) is 2.36. The third-order valence-corrected chi connectivity index (χ3v) is 6.61. The number of quaternary nitrogens is 1. The molecule has 1 fully saturated rings. The highest BCUT2D eigenvalue weighted by Gasteiger charge is 2.50. The standard InChI is InChI=1S/C22H31N2O2.HI/c1-4-9-24(3)14-16(22(25)26-10-5-2)11-18-17-7-6-8-19-21(17)15(13-23-19)12-20(18)24;/h6-8,13,16,18,20,23H,4-5,9-12,14H2,1-3H3;1H/q+1;/p-1/t16-,18?,20?,24?;/m1./s1. The maximum absolute atomic E-state index is 12.7. The van der Waals surface area contributed by atoms with Crippen molar-refractivity contribution in [1.29, 1.82) is 0 Å². The van der Waals surface area contributed by atoms with E-state index in [-0.39, 0.29) is 35.9 Å². The van der Waals surface area contributed by atoms with Gasteiger partial charge in [-0.15, -0.1) is 0 Å². The van der Waals surface area contributed by atoms with Crippen molar-refractivity contribution >= 4 is 16.9 Å². The summed E-state index contributed by atoms with van der Waals surface area (Å²) in [5, 5.41) is 1.40. The second kappa shape index (κ2) is 8.11. The maximum atomic E-state index is 12.7. The van der Waals surface area contributed by atoms with Gasteiger partial charge in [0.05, 0.1) is 32.8 Å². The number of rotatable bonds is 5. The SMILES string of the molecule is CCCOC(=O)[C@@H]1CC2c3cccc4[nH]cc(c34)CC2[N+](C)(CCC)C1.[I-]. The number of ether oxygens (including phenoxy) is 1. The van der Waals surface area contributed by atoms with Crippen molar-refractivity contribution in [2.75, 3.05) is 26.7 Å². The molecule has 0 bridgehead atoms. The fourth-order valence-electron chi connectivity index (χ4n) is 5.55. The lowest BCUT2D eigenvalue weighted by Crippen LogP contribution is -3.00.